The third-order valence-electron chi connectivity index (χ3n) is 5.40. The van der Waals surface area contributed by atoms with E-state index < -0.39 is 48.5 Å². The van der Waals surface area contributed by atoms with E-state index in [2.05, 4.69) is 37.2 Å². The predicted molar refractivity (Wildman–Crippen MR) is 125 cm³/mol. The number of likely N-dealkylation sites (tertiary alicyclic amines) is 1. The Morgan fingerprint density at radius 1 is 1.33 bits per heavy atom. The largest absolute Gasteiger partial charge is 0.419 e. The zero-order chi connectivity index (χ0) is 26.7. The SMILES string of the molecule is C=NN(/N=C\C)c1cc(Cl)cnc1C(=O)N1CC(F)(F)C[C@@H](C)C1CNc1ncc(C(F)(F)F)cn1. The van der Waals surface area contributed by atoms with Crippen molar-refractivity contribution >= 4 is 42.1 Å². The Morgan fingerprint density at radius 2 is 2.00 bits per heavy atom. The van der Waals surface area contributed by atoms with Crippen LogP contribution in [-0.2, 0) is 6.18 Å². The molecule has 2 atom stereocenters. The van der Waals surface area contributed by atoms with Gasteiger partial charge in [0.1, 0.15) is 5.69 Å². The molecular weight excluding hydrogens is 511 g/mol. The van der Waals surface area contributed by atoms with Crippen LogP contribution in [0.15, 0.2) is 34.9 Å². The molecule has 36 heavy (non-hydrogen) atoms. The van der Waals surface area contributed by atoms with E-state index in [0.717, 1.165) is 10.0 Å². The standard InChI is InChI=1S/C21H22ClF5N8O/c1-4-33-35(28-3)15-5-14(22)9-29-17(15)18(36)34-11-20(23,24)6-12(2)16(34)10-32-19-30-7-13(8-31-19)21(25,26)27/h4-5,7-9,12,16H,3,6,10-11H2,1-2H3,(H,30,31,32)/b33-4-/t12-,16?/m1/s1. The molecule has 15 heteroatoms. The van der Waals surface area contributed by atoms with Gasteiger partial charge in [0.2, 0.25) is 5.95 Å². The molecule has 0 radical (unpaired) electrons. The number of alkyl halides is 5. The second-order valence-electron chi connectivity index (χ2n) is 8.04. The quantitative estimate of drug-likeness (QED) is 0.319. The third-order valence-corrected chi connectivity index (χ3v) is 5.61. The lowest BCUT2D eigenvalue weighted by atomic mass is 9.88. The Bertz CT molecular complexity index is 1130. The maximum absolute atomic E-state index is 14.5. The van der Waals surface area contributed by atoms with Crippen LogP contribution in [0.4, 0.5) is 33.6 Å². The summed E-state index contributed by atoms with van der Waals surface area (Å²) in [4.78, 5) is 25.8. The van der Waals surface area contributed by atoms with Gasteiger partial charge in [0, 0.05) is 44.5 Å². The predicted octanol–water partition coefficient (Wildman–Crippen LogP) is 4.57. The fourth-order valence-corrected chi connectivity index (χ4v) is 3.96. The Kier molecular flexibility index (Phi) is 8.06. The second-order valence-corrected chi connectivity index (χ2v) is 8.47. The molecule has 3 rings (SSSR count). The Balaban J connectivity index is 1.91. The summed E-state index contributed by atoms with van der Waals surface area (Å²) in [5, 5.41) is 11.5. The average Bonchev–Trinajstić information content (AvgIpc) is 2.80. The Labute approximate surface area is 208 Å². The lowest BCUT2D eigenvalue weighted by Gasteiger charge is -2.43. The van der Waals surface area contributed by atoms with Crippen LogP contribution in [0.3, 0.4) is 0 Å². The number of aromatic nitrogens is 3. The highest BCUT2D eigenvalue weighted by Crippen LogP contribution is 2.36. The van der Waals surface area contributed by atoms with E-state index in [4.69, 9.17) is 11.6 Å². The van der Waals surface area contributed by atoms with Crippen LogP contribution in [0.5, 0.6) is 0 Å². The van der Waals surface area contributed by atoms with Gasteiger partial charge in [0.25, 0.3) is 11.8 Å². The number of hydrogen-bond donors (Lipinski definition) is 1. The molecule has 194 valence electrons. The number of hydrazone groups is 2. The van der Waals surface area contributed by atoms with Crippen LogP contribution >= 0.6 is 11.6 Å². The van der Waals surface area contributed by atoms with Gasteiger partial charge < -0.3 is 10.2 Å². The second kappa shape index (κ2) is 10.7. The van der Waals surface area contributed by atoms with Crippen LogP contribution in [0, 0.1) is 5.92 Å². The fraction of sp³-hybridized carbons (Fsp3) is 0.429. The summed E-state index contributed by atoms with van der Waals surface area (Å²) in [5.41, 5.74) is -1.25. The molecule has 1 aliphatic rings. The number of amides is 1. The number of nitrogens with one attached hydrogen (secondary N) is 1. The highest BCUT2D eigenvalue weighted by molar-refractivity contribution is 6.30. The summed E-state index contributed by atoms with van der Waals surface area (Å²) in [6, 6.07) is 0.548. The molecule has 1 saturated heterocycles. The zero-order valence-corrected chi connectivity index (χ0v) is 19.9. The smallest absolute Gasteiger partial charge is 0.352 e. The molecule has 1 unspecified atom stereocenters. The van der Waals surface area contributed by atoms with Crippen molar-refractivity contribution in [3.05, 3.63) is 40.9 Å². The van der Waals surface area contributed by atoms with E-state index in [1.807, 2.05) is 0 Å². The van der Waals surface area contributed by atoms with Gasteiger partial charge in [0.05, 0.1) is 23.2 Å². The van der Waals surface area contributed by atoms with E-state index >= 15 is 0 Å². The minimum Gasteiger partial charge on any atom is -0.352 e. The minimum absolute atomic E-state index is 0.0277. The first-order valence-electron chi connectivity index (χ1n) is 10.6. The summed E-state index contributed by atoms with van der Waals surface area (Å²) >= 11 is 6.02. The number of hydrogen-bond acceptors (Lipinski definition) is 8. The Morgan fingerprint density at radius 3 is 2.58 bits per heavy atom. The number of anilines is 2. The molecule has 0 aliphatic carbocycles. The molecule has 1 amide bonds. The van der Waals surface area contributed by atoms with Gasteiger partial charge in [-0.05, 0) is 18.9 Å². The van der Waals surface area contributed by atoms with Crippen molar-refractivity contribution in [2.75, 3.05) is 23.5 Å². The van der Waals surface area contributed by atoms with E-state index in [0.29, 0.717) is 12.4 Å². The molecule has 0 aromatic carbocycles. The fourth-order valence-electron chi connectivity index (χ4n) is 3.81. The summed E-state index contributed by atoms with van der Waals surface area (Å²) in [5.74, 6) is -4.86. The van der Waals surface area contributed by atoms with Gasteiger partial charge in [-0.15, -0.1) is 0 Å². The average molecular weight is 533 g/mol. The minimum atomic E-state index is -4.61. The highest BCUT2D eigenvalue weighted by Gasteiger charge is 2.47. The lowest BCUT2D eigenvalue weighted by molar-refractivity contribution is -0.138. The Hall–Kier alpha value is -3.42. The van der Waals surface area contributed by atoms with Crippen molar-refractivity contribution in [2.45, 2.75) is 38.4 Å². The highest BCUT2D eigenvalue weighted by atomic mass is 35.5. The molecule has 2 aromatic rings. The van der Waals surface area contributed by atoms with E-state index in [1.165, 1.54) is 18.5 Å². The molecule has 0 saturated carbocycles. The third kappa shape index (κ3) is 6.22. The van der Waals surface area contributed by atoms with Gasteiger partial charge in [-0.2, -0.15) is 28.5 Å². The topological polar surface area (TPSA) is 99.0 Å². The number of piperidine rings is 1. The van der Waals surface area contributed by atoms with Crippen LogP contribution in [0.1, 0.15) is 36.3 Å². The van der Waals surface area contributed by atoms with Crippen molar-refractivity contribution in [2.24, 2.45) is 16.1 Å². The van der Waals surface area contributed by atoms with E-state index in [-0.39, 0.29) is 28.9 Å². The van der Waals surface area contributed by atoms with E-state index in [1.54, 1.807) is 13.8 Å². The molecule has 0 spiro atoms. The summed E-state index contributed by atoms with van der Waals surface area (Å²) in [7, 11) is 0. The maximum atomic E-state index is 14.5. The van der Waals surface area contributed by atoms with Gasteiger partial charge in [-0.1, -0.05) is 18.5 Å². The van der Waals surface area contributed by atoms with Gasteiger partial charge in [-0.25, -0.2) is 23.7 Å². The summed E-state index contributed by atoms with van der Waals surface area (Å²) < 4.78 is 67.3. The molecule has 3 heterocycles. The van der Waals surface area contributed by atoms with Crippen LogP contribution < -0.4 is 10.4 Å². The van der Waals surface area contributed by atoms with E-state index in [9.17, 15) is 26.7 Å². The summed E-state index contributed by atoms with van der Waals surface area (Å²) in [6.45, 7) is 5.51. The van der Waals surface area contributed by atoms with Crippen molar-refractivity contribution in [1.82, 2.24) is 19.9 Å². The normalized spacial score (nSPS) is 19.8. The van der Waals surface area contributed by atoms with Crippen molar-refractivity contribution < 1.29 is 26.7 Å². The molecule has 0 bridgehead atoms. The molecule has 1 aliphatic heterocycles. The molecule has 9 nitrogen and oxygen atoms in total. The molecule has 2 aromatic heterocycles. The number of nitrogens with zero attached hydrogens (tertiary/aromatic N) is 7. The van der Waals surface area contributed by atoms with Gasteiger partial charge in [-0.3, -0.25) is 4.79 Å². The maximum Gasteiger partial charge on any atom is 0.419 e. The lowest BCUT2D eigenvalue weighted by Crippen LogP contribution is -2.57. The van der Waals surface area contributed by atoms with Crippen molar-refractivity contribution in [3.8, 4) is 0 Å². The number of carbonyl (C=O) groups excluding carboxylic acids is 1. The number of halogens is 6. The van der Waals surface area contributed by atoms with Crippen LogP contribution in [0.25, 0.3) is 0 Å². The van der Waals surface area contributed by atoms with Crippen LogP contribution in [0.2, 0.25) is 5.02 Å². The number of pyridine rings is 1. The van der Waals surface area contributed by atoms with Gasteiger partial charge in [0.15, 0.2) is 5.69 Å². The molecular formula is C21H22ClF5N8O. The first kappa shape index (κ1) is 27.2. The van der Waals surface area contributed by atoms with Crippen molar-refractivity contribution in [1.29, 1.82) is 0 Å². The molecule has 1 N–H and O–H groups in total. The molecule has 1 fully saturated rings. The number of carbonyl (C=O) groups is 1. The zero-order valence-electron chi connectivity index (χ0n) is 19.2. The monoisotopic (exact) mass is 532 g/mol. The first-order chi connectivity index (χ1) is 16.9. The number of rotatable bonds is 7. The van der Waals surface area contributed by atoms with Crippen LogP contribution in [-0.4, -0.2) is 63.7 Å². The van der Waals surface area contributed by atoms with Gasteiger partial charge >= 0.3 is 6.18 Å². The summed E-state index contributed by atoms with van der Waals surface area (Å²) in [6.07, 6.45) is -1.35. The first-order valence-corrected chi connectivity index (χ1v) is 11.0. The van der Waals surface area contributed by atoms with Crippen molar-refractivity contribution in [3.63, 3.8) is 0 Å².